The largest absolute Gasteiger partial charge is 0.496 e. The van der Waals surface area contributed by atoms with E-state index in [1.165, 1.54) is 37.4 Å². The van der Waals surface area contributed by atoms with Crippen LogP contribution in [0, 0.1) is 5.95 Å². The van der Waals surface area contributed by atoms with Crippen LogP contribution in [0.25, 0.3) is 0 Å². The van der Waals surface area contributed by atoms with E-state index in [1.54, 1.807) is 6.07 Å². The summed E-state index contributed by atoms with van der Waals surface area (Å²) in [5.41, 5.74) is 6.38. The second-order valence-electron chi connectivity index (χ2n) is 3.76. The number of ether oxygens (including phenoxy) is 1. The lowest BCUT2D eigenvalue weighted by molar-refractivity contribution is 0.102. The van der Waals surface area contributed by atoms with Gasteiger partial charge in [0.1, 0.15) is 11.6 Å². The molecule has 3 N–H and O–H groups in total. The minimum absolute atomic E-state index is 0.129. The number of hydrogen-bond donors (Lipinski definition) is 2. The fraction of sp³-hybridized carbons (Fsp3) is 0.0769. The topological polar surface area (TPSA) is 77.2 Å². The quantitative estimate of drug-likeness (QED) is 0.655. The third kappa shape index (κ3) is 2.98. The zero-order valence-corrected chi connectivity index (χ0v) is 10.2. The smallest absolute Gasteiger partial charge is 0.260 e. The maximum atomic E-state index is 12.9. The molecule has 2 rings (SSSR count). The van der Waals surface area contributed by atoms with Crippen LogP contribution < -0.4 is 15.8 Å². The number of aromatic nitrogens is 1. The molecule has 0 saturated carbocycles. The Labute approximate surface area is 109 Å². The van der Waals surface area contributed by atoms with Gasteiger partial charge in [-0.05, 0) is 24.3 Å². The van der Waals surface area contributed by atoms with Gasteiger partial charge < -0.3 is 15.8 Å². The molecule has 0 unspecified atom stereocenters. The predicted molar refractivity (Wildman–Crippen MR) is 69.6 cm³/mol. The second kappa shape index (κ2) is 5.34. The molecule has 0 aliphatic rings. The van der Waals surface area contributed by atoms with Gasteiger partial charge in [-0.1, -0.05) is 6.07 Å². The molecule has 0 radical (unpaired) electrons. The highest BCUT2D eigenvalue weighted by molar-refractivity contribution is 6.06. The van der Waals surface area contributed by atoms with E-state index in [4.69, 9.17) is 10.5 Å². The van der Waals surface area contributed by atoms with Crippen molar-refractivity contribution in [2.24, 2.45) is 0 Å². The number of benzene rings is 1. The fourth-order valence-corrected chi connectivity index (χ4v) is 1.56. The lowest BCUT2D eigenvalue weighted by Gasteiger charge is -2.09. The van der Waals surface area contributed by atoms with Crippen molar-refractivity contribution in [1.82, 2.24) is 4.98 Å². The molecule has 0 spiro atoms. The molecule has 1 amide bonds. The monoisotopic (exact) mass is 261 g/mol. The lowest BCUT2D eigenvalue weighted by atomic mass is 10.1. The summed E-state index contributed by atoms with van der Waals surface area (Å²) in [7, 11) is 1.44. The summed E-state index contributed by atoms with van der Waals surface area (Å²) < 4.78 is 18.0. The number of anilines is 2. The Hall–Kier alpha value is -2.63. The summed E-state index contributed by atoms with van der Waals surface area (Å²) in [5.74, 6) is -0.644. The van der Waals surface area contributed by atoms with Crippen molar-refractivity contribution in [3.8, 4) is 5.75 Å². The number of rotatable bonds is 3. The Bertz CT molecular complexity index is 617. The number of amides is 1. The first-order valence-corrected chi connectivity index (χ1v) is 5.47. The molecule has 6 heteroatoms. The van der Waals surface area contributed by atoms with Gasteiger partial charge in [0.15, 0.2) is 0 Å². The van der Waals surface area contributed by atoms with Crippen LogP contribution in [0.5, 0.6) is 5.75 Å². The van der Waals surface area contributed by atoms with Crippen molar-refractivity contribution in [3.05, 3.63) is 47.9 Å². The van der Waals surface area contributed by atoms with Crippen LogP contribution in [-0.2, 0) is 0 Å². The van der Waals surface area contributed by atoms with Gasteiger partial charge in [-0.2, -0.15) is 4.39 Å². The van der Waals surface area contributed by atoms with Crippen LogP contribution in [0.15, 0.2) is 36.4 Å². The fourth-order valence-electron chi connectivity index (χ4n) is 1.56. The molecular formula is C13H12FN3O2. The van der Waals surface area contributed by atoms with Crippen LogP contribution in [0.1, 0.15) is 10.4 Å². The molecular weight excluding hydrogens is 249 g/mol. The number of carbonyl (C=O) groups excluding carboxylic acids is 1. The Morgan fingerprint density at radius 1 is 1.37 bits per heavy atom. The molecule has 5 nitrogen and oxygen atoms in total. The van der Waals surface area contributed by atoms with Crippen molar-refractivity contribution in [2.45, 2.75) is 0 Å². The van der Waals surface area contributed by atoms with E-state index in [2.05, 4.69) is 10.3 Å². The maximum Gasteiger partial charge on any atom is 0.260 e. The van der Waals surface area contributed by atoms with Gasteiger partial charge in [0, 0.05) is 11.8 Å². The summed E-state index contributed by atoms with van der Waals surface area (Å²) in [6, 6.07) is 8.79. The highest BCUT2D eigenvalue weighted by Gasteiger charge is 2.13. The Morgan fingerprint density at radius 3 is 2.84 bits per heavy atom. The highest BCUT2D eigenvalue weighted by atomic mass is 19.1. The van der Waals surface area contributed by atoms with E-state index in [-0.39, 0.29) is 5.82 Å². The average Bonchev–Trinajstić information content (AvgIpc) is 2.38. The normalized spacial score (nSPS) is 10.0. The zero-order chi connectivity index (χ0) is 13.8. The van der Waals surface area contributed by atoms with Crippen LogP contribution >= 0.6 is 0 Å². The van der Waals surface area contributed by atoms with Crippen LogP contribution in [0.3, 0.4) is 0 Å². The van der Waals surface area contributed by atoms with E-state index in [0.717, 1.165) is 0 Å². The molecule has 1 aromatic heterocycles. The predicted octanol–water partition coefficient (Wildman–Crippen LogP) is 2.06. The molecule has 1 aromatic carbocycles. The minimum atomic E-state index is -0.665. The molecule has 0 bridgehead atoms. The van der Waals surface area contributed by atoms with E-state index >= 15 is 0 Å². The number of pyridine rings is 1. The van der Waals surface area contributed by atoms with Gasteiger partial charge in [-0.3, -0.25) is 4.79 Å². The van der Waals surface area contributed by atoms with Gasteiger partial charge >= 0.3 is 0 Å². The van der Waals surface area contributed by atoms with Crippen LogP contribution in [0.4, 0.5) is 15.9 Å². The number of halogens is 1. The van der Waals surface area contributed by atoms with Gasteiger partial charge in [-0.25, -0.2) is 4.98 Å². The summed E-state index contributed by atoms with van der Waals surface area (Å²) >= 11 is 0. The van der Waals surface area contributed by atoms with Crippen molar-refractivity contribution >= 4 is 17.4 Å². The minimum Gasteiger partial charge on any atom is -0.496 e. The Balaban J connectivity index is 2.25. The van der Waals surface area contributed by atoms with Crippen molar-refractivity contribution in [1.29, 1.82) is 0 Å². The molecule has 0 aliphatic carbocycles. The number of nitrogens with two attached hydrogens (primary N) is 1. The SMILES string of the molecule is COc1cc(N)ccc1C(=O)Nc1cccc(F)n1. The maximum absolute atomic E-state index is 12.9. The van der Waals surface area contributed by atoms with Crippen molar-refractivity contribution in [3.63, 3.8) is 0 Å². The first-order valence-electron chi connectivity index (χ1n) is 5.47. The number of carbonyl (C=O) groups is 1. The summed E-state index contributed by atoms with van der Waals surface area (Å²) in [4.78, 5) is 15.6. The number of methoxy groups -OCH3 is 1. The number of nitrogens with zero attached hydrogens (tertiary/aromatic N) is 1. The summed E-state index contributed by atoms with van der Waals surface area (Å²) in [6.07, 6.45) is 0. The van der Waals surface area contributed by atoms with Crippen LogP contribution in [-0.4, -0.2) is 18.0 Å². The van der Waals surface area contributed by atoms with Crippen LogP contribution in [0.2, 0.25) is 0 Å². The number of nitrogens with one attached hydrogen (secondary N) is 1. The van der Waals surface area contributed by atoms with Gasteiger partial charge in [0.25, 0.3) is 5.91 Å². The Kier molecular flexibility index (Phi) is 3.61. The van der Waals surface area contributed by atoms with Gasteiger partial charge in [-0.15, -0.1) is 0 Å². The van der Waals surface area contributed by atoms with E-state index in [1.807, 2.05) is 0 Å². The summed E-state index contributed by atoms with van der Waals surface area (Å²) in [5, 5.41) is 2.48. The average molecular weight is 261 g/mol. The third-order valence-corrected chi connectivity index (χ3v) is 2.43. The van der Waals surface area contributed by atoms with Gasteiger partial charge in [0.05, 0.1) is 12.7 Å². The van der Waals surface area contributed by atoms with Crippen molar-refractivity contribution < 1.29 is 13.9 Å². The van der Waals surface area contributed by atoms with E-state index in [0.29, 0.717) is 17.0 Å². The van der Waals surface area contributed by atoms with E-state index in [9.17, 15) is 9.18 Å². The molecule has 1 heterocycles. The second-order valence-corrected chi connectivity index (χ2v) is 3.76. The molecule has 0 atom stereocenters. The van der Waals surface area contributed by atoms with E-state index < -0.39 is 11.9 Å². The first kappa shape index (κ1) is 12.8. The zero-order valence-electron chi connectivity index (χ0n) is 10.2. The lowest BCUT2D eigenvalue weighted by Crippen LogP contribution is -2.14. The number of hydrogen-bond acceptors (Lipinski definition) is 4. The molecule has 19 heavy (non-hydrogen) atoms. The molecule has 98 valence electrons. The molecule has 0 fully saturated rings. The highest BCUT2D eigenvalue weighted by Crippen LogP contribution is 2.22. The van der Waals surface area contributed by atoms with Crippen molar-refractivity contribution in [2.75, 3.05) is 18.2 Å². The first-order chi connectivity index (χ1) is 9.10. The standard InChI is InChI=1S/C13H12FN3O2/c1-19-10-7-8(15)5-6-9(10)13(18)17-12-4-2-3-11(14)16-12/h2-7H,15H2,1H3,(H,16,17,18). The molecule has 2 aromatic rings. The van der Waals surface area contributed by atoms with Gasteiger partial charge in [0.2, 0.25) is 5.95 Å². The Morgan fingerprint density at radius 2 is 2.16 bits per heavy atom. The molecule has 0 aliphatic heterocycles. The summed E-state index contributed by atoms with van der Waals surface area (Å²) in [6.45, 7) is 0. The third-order valence-electron chi connectivity index (χ3n) is 2.43. The number of nitrogen functional groups attached to an aromatic ring is 1. The molecule has 0 saturated heterocycles.